The summed E-state index contributed by atoms with van der Waals surface area (Å²) in [6.07, 6.45) is 2.56. The van der Waals surface area contributed by atoms with Gasteiger partial charge < -0.3 is 15.7 Å². The number of carbonyl (C=O) groups excluding carboxylic acids is 2. The highest BCUT2D eigenvalue weighted by atomic mass is 16.3. The fraction of sp³-hybridized carbons (Fsp3) is 0.333. The maximum absolute atomic E-state index is 12.2. The van der Waals surface area contributed by atoms with E-state index < -0.39 is 11.8 Å². The zero-order valence-electron chi connectivity index (χ0n) is 12.8. The average molecular weight is 312 g/mol. The van der Waals surface area contributed by atoms with E-state index in [9.17, 15) is 9.59 Å². The van der Waals surface area contributed by atoms with Gasteiger partial charge in [0.25, 0.3) is 0 Å². The van der Waals surface area contributed by atoms with E-state index in [0.717, 1.165) is 23.6 Å². The largest absolute Gasteiger partial charge is 0.396 e. The first-order valence-electron chi connectivity index (χ1n) is 7.89. The van der Waals surface area contributed by atoms with Crippen LogP contribution in [0.1, 0.15) is 19.3 Å². The molecule has 1 atom stereocenters. The Morgan fingerprint density at radius 3 is 2.57 bits per heavy atom. The molecule has 0 aromatic heterocycles. The van der Waals surface area contributed by atoms with Crippen molar-refractivity contribution in [2.24, 2.45) is 5.92 Å². The molecule has 2 amide bonds. The number of nitrogens with one attached hydrogen (secondary N) is 2. The molecule has 3 rings (SSSR count). The van der Waals surface area contributed by atoms with Crippen molar-refractivity contribution in [3.8, 4) is 0 Å². The molecular weight excluding hydrogens is 292 g/mol. The minimum Gasteiger partial charge on any atom is -0.396 e. The molecule has 0 saturated heterocycles. The molecule has 0 spiro atoms. The van der Waals surface area contributed by atoms with Gasteiger partial charge in [-0.3, -0.25) is 9.59 Å². The molecule has 5 heteroatoms. The maximum Gasteiger partial charge on any atom is 0.313 e. The third-order valence-electron chi connectivity index (χ3n) is 4.19. The fourth-order valence-electron chi connectivity index (χ4n) is 2.81. The molecule has 0 aliphatic heterocycles. The van der Waals surface area contributed by atoms with Crippen LogP contribution < -0.4 is 10.6 Å². The van der Waals surface area contributed by atoms with E-state index in [4.69, 9.17) is 5.11 Å². The van der Waals surface area contributed by atoms with Gasteiger partial charge in [-0.1, -0.05) is 36.4 Å². The second-order valence-electron chi connectivity index (χ2n) is 5.91. The normalized spacial score (nSPS) is 15.2. The van der Waals surface area contributed by atoms with Gasteiger partial charge in [-0.15, -0.1) is 0 Å². The van der Waals surface area contributed by atoms with E-state index in [0.29, 0.717) is 18.0 Å². The molecule has 0 radical (unpaired) electrons. The second-order valence-corrected chi connectivity index (χ2v) is 5.91. The second kappa shape index (κ2) is 6.79. The summed E-state index contributed by atoms with van der Waals surface area (Å²) in [5, 5.41) is 16.4. The van der Waals surface area contributed by atoms with Crippen LogP contribution in [0.5, 0.6) is 0 Å². The van der Waals surface area contributed by atoms with Crippen LogP contribution >= 0.6 is 0 Å². The van der Waals surface area contributed by atoms with Crippen molar-refractivity contribution >= 4 is 28.3 Å². The van der Waals surface area contributed by atoms with Crippen LogP contribution in [0.15, 0.2) is 42.5 Å². The Kier molecular flexibility index (Phi) is 4.57. The zero-order chi connectivity index (χ0) is 16.2. The Morgan fingerprint density at radius 2 is 1.83 bits per heavy atom. The van der Waals surface area contributed by atoms with E-state index >= 15 is 0 Å². The number of hydrogen-bond acceptors (Lipinski definition) is 3. The molecule has 0 bridgehead atoms. The molecule has 23 heavy (non-hydrogen) atoms. The number of aliphatic hydroxyl groups excluding tert-OH is 1. The van der Waals surface area contributed by atoms with Crippen molar-refractivity contribution in [1.29, 1.82) is 0 Å². The Morgan fingerprint density at radius 1 is 1.09 bits per heavy atom. The monoisotopic (exact) mass is 312 g/mol. The predicted octanol–water partition coefficient (Wildman–Crippen LogP) is 2.06. The van der Waals surface area contributed by atoms with Crippen molar-refractivity contribution in [2.45, 2.75) is 25.3 Å². The molecule has 1 fully saturated rings. The van der Waals surface area contributed by atoms with Crippen molar-refractivity contribution in [1.82, 2.24) is 5.32 Å². The Bertz CT molecular complexity index is 720. The highest BCUT2D eigenvalue weighted by molar-refractivity contribution is 6.40. The summed E-state index contributed by atoms with van der Waals surface area (Å²) in [6.45, 7) is 0.00634. The van der Waals surface area contributed by atoms with Crippen LogP contribution in [-0.4, -0.2) is 29.6 Å². The highest BCUT2D eigenvalue weighted by Gasteiger charge is 2.33. The molecular formula is C18H20N2O3. The lowest BCUT2D eigenvalue weighted by Gasteiger charge is -2.17. The van der Waals surface area contributed by atoms with Crippen LogP contribution in [0.3, 0.4) is 0 Å². The number of hydrogen-bond donors (Lipinski definition) is 3. The molecule has 5 nitrogen and oxygen atoms in total. The van der Waals surface area contributed by atoms with Gasteiger partial charge in [0.05, 0.1) is 0 Å². The van der Waals surface area contributed by atoms with Crippen molar-refractivity contribution < 1.29 is 14.7 Å². The summed E-state index contributed by atoms with van der Waals surface area (Å²) in [6, 6.07) is 13.1. The maximum atomic E-state index is 12.2. The number of fused-ring (bicyclic) bond motifs is 1. The third kappa shape index (κ3) is 3.68. The minimum absolute atomic E-state index is 0.00634. The van der Waals surface area contributed by atoms with Gasteiger partial charge in [-0.05, 0) is 36.6 Å². The fourth-order valence-corrected chi connectivity index (χ4v) is 2.81. The first kappa shape index (κ1) is 15.5. The minimum atomic E-state index is -0.676. The smallest absolute Gasteiger partial charge is 0.313 e. The van der Waals surface area contributed by atoms with E-state index in [1.165, 1.54) is 0 Å². The summed E-state index contributed by atoms with van der Waals surface area (Å²) in [7, 11) is 0. The summed E-state index contributed by atoms with van der Waals surface area (Å²) in [5.74, 6) is -0.940. The van der Waals surface area contributed by atoms with Crippen molar-refractivity contribution in [3.63, 3.8) is 0 Å². The lowest BCUT2D eigenvalue weighted by molar-refractivity contribution is -0.136. The van der Waals surface area contributed by atoms with E-state index in [1.54, 1.807) is 6.07 Å². The highest BCUT2D eigenvalue weighted by Crippen LogP contribution is 2.33. The summed E-state index contributed by atoms with van der Waals surface area (Å²) in [4.78, 5) is 24.2. The van der Waals surface area contributed by atoms with Gasteiger partial charge in [-0.25, -0.2) is 0 Å². The number of carbonyl (C=O) groups is 2. The molecule has 2 aromatic carbocycles. The quantitative estimate of drug-likeness (QED) is 0.739. The Labute approximate surface area is 134 Å². The molecule has 2 aromatic rings. The van der Waals surface area contributed by atoms with Crippen molar-refractivity contribution in [2.75, 3.05) is 11.9 Å². The summed E-state index contributed by atoms with van der Waals surface area (Å²) < 4.78 is 0. The third-order valence-corrected chi connectivity index (χ3v) is 4.19. The van der Waals surface area contributed by atoms with Gasteiger partial charge in [0.1, 0.15) is 0 Å². The predicted molar refractivity (Wildman–Crippen MR) is 88.9 cm³/mol. The standard InChI is InChI=1S/C18H20N2O3/c21-11-10-15(13-8-9-13)19-17(22)18(23)20-16-7-3-5-12-4-1-2-6-14(12)16/h1-7,13,15,21H,8-11H2,(H,19,22)(H,20,23). The van der Waals surface area contributed by atoms with Gasteiger partial charge >= 0.3 is 11.8 Å². The summed E-state index contributed by atoms with van der Waals surface area (Å²) in [5.41, 5.74) is 0.619. The van der Waals surface area contributed by atoms with Gasteiger partial charge in [-0.2, -0.15) is 0 Å². The SMILES string of the molecule is O=C(Nc1cccc2ccccc12)C(=O)NC(CCO)C1CC1. The molecule has 1 unspecified atom stereocenters. The van der Waals surface area contributed by atoms with Crippen LogP contribution in [0.25, 0.3) is 10.8 Å². The molecule has 1 aliphatic rings. The molecule has 3 N–H and O–H groups in total. The zero-order valence-corrected chi connectivity index (χ0v) is 12.8. The van der Waals surface area contributed by atoms with Crippen molar-refractivity contribution in [3.05, 3.63) is 42.5 Å². The van der Waals surface area contributed by atoms with Gasteiger partial charge in [0.15, 0.2) is 0 Å². The van der Waals surface area contributed by atoms with E-state index in [2.05, 4.69) is 10.6 Å². The lowest BCUT2D eigenvalue weighted by Crippen LogP contribution is -2.43. The van der Waals surface area contributed by atoms with Gasteiger partial charge in [0.2, 0.25) is 0 Å². The van der Waals surface area contributed by atoms with Crippen LogP contribution in [0, 0.1) is 5.92 Å². The average Bonchev–Trinajstić information content (AvgIpc) is 3.39. The number of anilines is 1. The molecule has 1 saturated carbocycles. The number of rotatable bonds is 5. The first-order chi connectivity index (χ1) is 11.2. The molecule has 0 heterocycles. The van der Waals surface area contributed by atoms with E-state index in [1.807, 2.05) is 36.4 Å². The topological polar surface area (TPSA) is 78.4 Å². The Hall–Kier alpha value is -2.40. The van der Waals surface area contributed by atoms with Gasteiger partial charge in [0, 0.05) is 23.7 Å². The number of aliphatic hydroxyl groups is 1. The number of amides is 2. The van der Waals surface area contributed by atoms with E-state index in [-0.39, 0.29) is 12.6 Å². The molecule has 1 aliphatic carbocycles. The van der Waals surface area contributed by atoms with Crippen LogP contribution in [0.4, 0.5) is 5.69 Å². The number of benzene rings is 2. The lowest BCUT2D eigenvalue weighted by atomic mass is 10.1. The first-order valence-corrected chi connectivity index (χ1v) is 7.89. The Balaban J connectivity index is 1.69. The van der Waals surface area contributed by atoms with Crippen LogP contribution in [-0.2, 0) is 9.59 Å². The molecule has 120 valence electrons. The van der Waals surface area contributed by atoms with Crippen LogP contribution in [0.2, 0.25) is 0 Å². The summed E-state index contributed by atoms with van der Waals surface area (Å²) >= 11 is 0.